The van der Waals surface area contributed by atoms with Crippen LogP contribution >= 0.6 is 0 Å². The van der Waals surface area contributed by atoms with Gasteiger partial charge in [-0.05, 0) is 30.3 Å². The van der Waals surface area contributed by atoms with Gasteiger partial charge in [0.15, 0.2) is 5.82 Å². The Hall–Kier alpha value is -2.56. The Morgan fingerprint density at radius 2 is 1.86 bits per heavy atom. The molecule has 21 heavy (non-hydrogen) atoms. The fourth-order valence-electron chi connectivity index (χ4n) is 2.09. The summed E-state index contributed by atoms with van der Waals surface area (Å²) in [6.45, 7) is 6.44. The molecule has 0 atom stereocenters. The molecule has 0 amide bonds. The SMILES string of the molecule is CC(C)(C)c1cc2c(Nc3ccc(N)cc3)nccn2n1. The highest BCUT2D eigenvalue weighted by Gasteiger charge is 2.19. The smallest absolute Gasteiger partial charge is 0.156 e. The van der Waals surface area contributed by atoms with Gasteiger partial charge in [0.25, 0.3) is 0 Å². The first kappa shape index (κ1) is 13.4. The first-order valence-corrected chi connectivity index (χ1v) is 6.91. The molecule has 0 bridgehead atoms. The highest BCUT2D eigenvalue weighted by atomic mass is 15.2. The van der Waals surface area contributed by atoms with Crippen molar-refractivity contribution in [3.63, 3.8) is 0 Å². The molecule has 5 heteroatoms. The van der Waals surface area contributed by atoms with Gasteiger partial charge in [0, 0.05) is 29.2 Å². The molecule has 0 saturated carbocycles. The molecule has 0 aliphatic heterocycles. The summed E-state index contributed by atoms with van der Waals surface area (Å²) in [7, 11) is 0. The third-order valence-corrected chi connectivity index (χ3v) is 3.33. The van der Waals surface area contributed by atoms with Crippen molar-refractivity contribution < 1.29 is 0 Å². The number of rotatable bonds is 2. The third-order valence-electron chi connectivity index (χ3n) is 3.33. The first-order chi connectivity index (χ1) is 9.93. The van der Waals surface area contributed by atoms with Crippen LogP contribution in [0.2, 0.25) is 0 Å². The van der Waals surface area contributed by atoms with Gasteiger partial charge in [-0.3, -0.25) is 0 Å². The Balaban J connectivity index is 2.02. The van der Waals surface area contributed by atoms with Gasteiger partial charge in [0.1, 0.15) is 5.52 Å². The summed E-state index contributed by atoms with van der Waals surface area (Å²) < 4.78 is 1.85. The third kappa shape index (κ3) is 2.67. The molecule has 3 aromatic rings. The highest BCUT2D eigenvalue weighted by molar-refractivity contribution is 5.74. The van der Waals surface area contributed by atoms with Crippen molar-refractivity contribution in [2.24, 2.45) is 0 Å². The number of nitrogens with zero attached hydrogens (tertiary/aromatic N) is 3. The average Bonchev–Trinajstić information content (AvgIpc) is 2.86. The summed E-state index contributed by atoms with van der Waals surface area (Å²) >= 11 is 0. The number of nitrogen functional groups attached to an aromatic ring is 1. The molecule has 1 aromatic carbocycles. The maximum atomic E-state index is 5.70. The minimum absolute atomic E-state index is 0.00445. The zero-order valence-electron chi connectivity index (χ0n) is 12.5. The van der Waals surface area contributed by atoms with Crippen molar-refractivity contribution in [1.29, 1.82) is 0 Å². The van der Waals surface area contributed by atoms with E-state index < -0.39 is 0 Å². The van der Waals surface area contributed by atoms with E-state index in [2.05, 4.69) is 42.2 Å². The Morgan fingerprint density at radius 1 is 1.14 bits per heavy atom. The molecule has 3 N–H and O–H groups in total. The van der Waals surface area contributed by atoms with Crippen molar-refractivity contribution in [3.05, 3.63) is 48.4 Å². The second kappa shape index (κ2) is 4.77. The summed E-state index contributed by atoms with van der Waals surface area (Å²) in [4.78, 5) is 4.42. The van der Waals surface area contributed by atoms with E-state index in [1.165, 1.54) is 0 Å². The van der Waals surface area contributed by atoms with E-state index in [4.69, 9.17) is 5.73 Å². The summed E-state index contributed by atoms with van der Waals surface area (Å²) in [6.07, 6.45) is 3.60. The number of nitrogens with one attached hydrogen (secondary N) is 1. The molecule has 0 unspecified atom stereocenters. The molecule has 3 rings (SSSR count). The quantitative estimate of drug-likeness (QED) is 0.707. The Labute approximate surface area is 123 Å². The molecule has 0 aliphatic rings. The van der Waals surface area contributed by atoms with Crippen LogP contribution < -0.4 is 11.1 Å². The highest BCUT2D eigenvalue weighted by Crippen LogP contribution is 2.26. The lowest BCUT2D eigenvalue weighted by atomic mass is 9.92. The fourth-order valence-corrected chi connectivity index (χ4v) is 2.09. The van der Waals surface area contributed by atoms with Crippen LogP contribution in [-0.2, 0) is 5.41 Å². The number of aromatic nitrogens is 3. The Morgan fingerprint density at radius 3 is 2.52 bits per heavy atom. The summed E-state index contributed by atoms with van der Waals surface area (Å²) in [5, 5.41) is 7.93. The molecule has 0 aliphatic carbocycles. The van der Waals surface area contributed by atoms with Gasteiger partial charge in [-0.2, -0.15) is 5.10 Å². The second-order valence-corrected chi connectivity index (χ2v) is 6.13. The van der Waals surface area contributed by atoms with Crippen molar-refractivity contribution in [1.82, 2.24) is 14.6 Å². The van der Waals surface area contributed by atoms with E-state index >= 15 is 0 Å². The van der Waals surface area contributed by atoms with E-state index in [0.29, 0.717) is 0 Å². The van der Waals surface area contributed by atoms with E-state index in [1.54, 1.807) is 6.20 Å². The zero-order valence-corrected chi connectivity index (χ0v) is 12.5. The molecular weight excluding hydrogens is 262 g/mol. The molecule has 0 fully saturated rings. The molecule has 2 heterocycles. The van der Waals surface area contributed by atoms with Gasteiger partial charge < -0.3 is 11.1 Å². The number of hydrogen-bond acceptors (Lipinski definition) is 4. The number of hydrogen-bond donors (Lipinski definition) is 2. The van der Waals surface area contributed by atoms with Crippen LogP contribution in [0.4, 0.5) is 17.2 Å². The van der Waals surface area contributed by atoms with Gasteiger partial charge in [-0.25, -0.2) is 9.50 Å². The van der Waals surface area contributed by atoms with E-state index in [-0.39, 0.29) is 5.41 Å². The monoisotopic (exact) mass is 281 g/mol. The van der Waals surface area contributed by atoms with Crippen LogP contribution in [0, 0.1) is 0 Å². The summed E-state index contributed by atoms with van der Waals surface area (Å²) in [6, 6.07) is 9.66. The van der Waals surface area contributed by atoms with E-state index in [0.717, 1.165) is 28.4 Å². The molecule has 5 nitrogen and oxygen atoms in total. The van der Waals surface area contributed by atoms with Crippen LogP contribution in [-0.4, -0.2) is 14.6 Å². The molecule has 2 aromatic heterocycles. The van der Waals surface area contributed by atoms with Gasteiger partial charge in [0.2, 0.25) is 0 Å². The predicted molar refractivity (Wildman–Crippen MR) is 85.8 cm³/mol. The van der Waals surface area contributed by atoms with Gasteiger partial charge in [-0.1, -0.05) is 20.8 Å². The van der Waals surface area contributed by atoms with E-state index in [1.807, 2.05) is 35.0 Å². The number of benzene rings is 1. The average molecular weight is 281 g/mol. The number of fused-ring (bicyclic) bond motifs is 1. The van der Waals surface area contributed by atoms with Crippen LogP contribution in [0.25, 0.3) is 5.52 Å². The zero-order chi connectivity index (χ0) is 15.0. The van der Waals surface area contributed by atoms with Crippen LogP contribution in [0.5, 0.6) is 0 Å². The minimum Gasteiger partial charge on any atom is -0.399 e. The minimum atomic E-state index is 0.00445. The molecule has 0 saturated heterocycles. The van der Waals surface area contributed by atoms with Crippen LogP contribution in [0.1, 0.15) is 26.5 Å². The maximum Gasteiger partial charge on any atom is 0.156 e. The second-order valence-electron chi connectivity index (χ2n) is 6.13. The van der Waals surface area contributed by atoms with Crippen molar-refractivity contribution in [2.45, 2.75) is 26.2 Å². The molecule has 0 spiro atoms. The summed E-state index contributed by atoms with van der Waals surface area (Å²) in [5.41, 5.74) is 9.39. The van der Waals surface area contributed by atoms with Gasteiger partial charge in [-0.15, -0.1) is 0 Å². The standard InChI is InChI=1S/C16H19N5/c1-16(2,3)14-10-13-15(18-8-9-21(13)20-14)19-12-6-4-11(17)5-7-12/h4-10H,17H2,1-3H3,(H,18,19). The van der Waals surface area contributed by atoms with Crippen LogP contribution in [0.15, 0.2) is 42.7 Å². The van der Waals surface area contributed by atoms with Crippen molar-refractivity contribution in [2.75, 3.05) is 11.1 Å². The predicted octanol–water partition coefficient (Wildman–Crippen LogP) is 3.35. The Kier molecular flexibility index (Phi) is 3.05. The molecular formula is C16H19N5. The van der Waals surface area contributed by atoms with Crippen molar-refractivity contribution in [3.8, 4) is 0 Å². The fraction of sp³-hybridized carbons (Fsp3) is 0.250. The lowest BCUT2D eigenvalue weighted by Crippen LogP contribution is -2.11. The van der Waals surface area contributed by atoms with Gasteiger partial charge >= 0.3 is 0 Å². The summed E-state index contributed by atoms with van der Waals surface area (Å²) in [5.74, 6) is 0.783. The maximum absolute atomic E-state index is 5.70. The number of nitrogens with two attached hydrogens (primary N) is 1. The van der Waals surface area contributed by atoms with E-state index in [9.17, 15) is 0 Å². The van der Waals surface area contributed by atoms with Crippen molar-refractivity contribution >= 4 is 22.7 Å². The largest absolute Gasteiger partial charge is 0.399 e. The first-order valence-electron chi connectivity index (χ1n) is 6.91. The van der Waals surface area contributed by atoms with Gasteiger partial charge in [0.05, 0.1) is 5.69 Å². The Bertz CT molecular complexity index is 765. The lowest BCUT2D eigenvalue weighted by molar-refractivity contribution is 0.562. The molecule has 0 radical (unpaired) electrons. The topological polar surface area (TPSA) is 68.2 Å². The molecule has 108 valence electrons. The normalized spacial score (nSPS) is 11.8. The van der Waals surface area contributed by atoms with Crippen LogP contribution in [0.3, 0.4) is 0 Å². The lowest BCUT2D eigenvalue weighted by Gasteiger charge is -2.13. The number of anilines is 3.